The second kappa shape index (κ2) is 5.76. The molecule has 9 heteroatoms. The molecule has 19 heavy (non-hydrogen) atoms. The molecule has 1 unspecified atom stereocenters. The molecule has 0 heterocycles. The van der Waals surface area contributed by atoms with Gasteiger partial charge in [0.1, 0.15) is 6.10 Å². The highest BCUT2D eigenvalue weighted by Crippen LogP contribution is 2.31. The standard InChI is InChI=1S/C10H10N2O7/c1-6(4-10(13)14)19-9-3-2-7(11(15)16)5-8(9)12(17)18/h2-3,5-6H,4H2,1H3,(H,13,14). The van der Waals surface area contributed by atoms with Crippen molar-refractivity contribution in [1.29, 1.82) is 0 Å². The van der Waals surface area contributed by atoms with Crippen molar-refractivity contribution >= 4 is 17.3 Å². The first kappa shape index (κ1) is 14.4. The Hall–Kier alpha value is -2.71. The van der Waals surface area contributed by atoms with Crippen molar-refractivity contribution in [3.05, 3.63) is 38.4 Å². The molecule has 0 saturated heterocycles. The Bertz CT molecular complexity index is 529. The number of nitrogens with zero attached hydrogens (tertiary/aromatic N) is 2. The molecular formula is C10H10N2O7. The summed E-state index contributed by atoms with van der Waals surface area (Å²) in [5.74, 6) is -1.32. The maximum Gasteiger partial charge on any atom is 0.317 e. The maximum atomic E-state index is 10.8. The summed E-state index contributed by atoms with van der Waals surface area (Å²) in [7, 11) is 0. The molecule has 102 valence electrons. The Kier molecular flexibility index (Phi) is 4.35. The van der Waals surface area contributed by atoms with Gasteiger partial charge in [-0.2, -0.15) is 0 Å². The fourth-order valence-electron chi connectivity index (χ4n) is 1.37. The number of carbonyl (C=O) groups is 1. The van der Waals surface area contributed by atoms with Gasteiger partial charge in [0.2, 0.25) is 0 Å². The van der Waals surface area contributed by atoms with Crippen LogP contribution in [-0.4, -0.2) is 27.0 Å². The van der Waals surface area contributed by atoms with Crippen LogP contribution < -0.4 is 4.74 Å². The van der Waals surface area contributed by atoms with Crippen LogP contribution in [0.25, 0.3) is 0 Å². The van der Waals surface area contributed by atoms with Crippen LogP contribution in [0.2, 0.25) is 0 Å². The van der Waals surface area contributed by atoms with Gasteiger partial charge in [0.05, 0.1) is 22.3 Å². The van der Waals surface area contributed by atoms with E-state index in [1.54, 1.807) is 0 Å². The van der Waals surface area contributed by atoms with E-state index >= 15 is 0 Å². The summed E-state index contributed by atoms with van der Waals surface area (Å²) >= 11 is 0. The molecule has 0 bridgehead atoms. The van der Waals surface area contributed by atoms with Crippen LogP contribution in [0.15, 0.2) is 18.2 Å². The molecule has 9 nitrogen and oxygen atoms in total. The first-order chi connectivity index (χ1) is 8.81. The Morgan fingerprint density at radius 2 is 2.00 bits per heavy atom. The number of nitro groups is 2. The van der Waals surface area contributed by atoms with E-state index in [0.717, 1.165) is 18.2 Å². The zero-order valence-electron chi connectivity index (χ0n) is 9.81. The van der Waals surface area contributed by atoms with Gasteiger partial charge in [0.25, 0.3) is 5.69 Å². The number of carboxylic acids is 1. The fraction of sp³-hybridized carbons (Fsp3) is 0.300. The first-order valence-corrected chi connectivity index (χ1v) is 5.12. The van der Waals surface area contributed by atoms with Crippen LogP contribution in [0.5, 0.6) is 5.75 Å². The van der Waals surface area contributed by atoms with Crippen molar-refractivity contribution in [2.24, 2.45) is 0 Å². The highest BCUT2D eigenvalue weighted by Gasteiger charge is 2.22. The van der Waals surface area contributed by atoms with Gasteiger partial charge in [-0.25, -0.2) is 0 Å². The molecule has 0 aliphatic heterocycles. The summed E-state index contributed by atoms with van der Waals surface area (Å²) in [4.78, 5) is 30.2. The number of hydrogen-bond acceptors (Lipinski definition) is 6. The van der Waals surface area contributed by atoms with Gasteiger partial charge < -0.3 is 9.84 Å². The summed E-state index contributed by atoms with van der Waals surface area (Å²) in [5, 5.41) is 29.9. The number of hydrogen-bond donors (Lipinski definition) is 1. The molecule has 1 rings (SSSR count). The molecule has 0 aliphatic carbocycles. The van der Waals surface area contributed by atoms with Crippen molar-refractivity contribution in [1.82, 2.24) is 0 Å². The monoisotopic (exact) mass is 270 g/mol. The molecule has 1 aromatic carbocycles. The SMILES string of the molecule is CC(CC(=O)O)Oc1ccc([N+](=O)[O-])cc1[N+](=O)[O-]. The summed E-state index contributed by atoms with van der Waals surface area (Å²) in [6, 6.07) is 2.90. The van der Waals surface area contributed by atoms with E-state index in [2.05, 4.69) is 0 Å². The average molecular weight is 270 g/mol. The van der Waals surface area contributed by atoms with Crippen LogP contribution in [0.3, 0.4) is 0 Å². The Morgan fingerprint density at radius 3 is 2.47 bits per heavy atom. The largest absolute Gasteiger partial charge is 0.483 e. The molecular weight excluding hydrogens is 260 g/mol. The number of rotatable bonds is 6. The average Bonchev–Trinajstić information content (AvgIpc) is 2.27. The van der Waals surface area contributed by atoms with Gasteiger partial charge in [-0.3, -0.25) is 25.0 Å². The quantitative estimate of drug-likeness (QED) is 0.614. The lowest BCUT2D eigenvalue weighted by Gasteiger charge is -2.12. The zero-order valence-corrected chi connectivity index (χ0v) is 9.81. The summed E-state index contributed by atoms with van der Waals surface area (Å²) in [6.07, 6.45) is -1.13. The van der Waals surface area contributed by atoms with Crippen LogP contribution in [0.1, 0.15) is 13.3 Å². The van der Waals surface area contributed by atoms with Crippen LogP contribution in [-0.2, 0) is 4.79 Å². The van der Waals surface area contributed by atoms with E-state index < -0.39 is 33.3 Å². The first-order valence-electron chi connectivity index (χ1n) is 5.12. The minimum atomic E-state index is -1.11. The Balaban J connectivity index is 3.03. The predicted molar refractivity (Wildman–Crippen MR) is 62.1 cm³/mol. The Labute approximate surface area is 106 Å². The lowest BCUT2D eigenvalue weighted by molar-refractivity contribution is -0.394. The molecule has 0 fully saturated rings. The molecule has 0 aromatic heterocycles. The normalized spacial score (nSPS) is 11.6. The van der Waals surface area contributed by atoms with E-state index in [-0.39, 0.29) is 12.2 Å². The minimum Gasteiger partial charge on any atom is -0.483 e. The van der Waals surface area contributed by atoms with Gasteiger partial charge in [-0.15, -0.1) is 0 Å². The van der Waals surface area contributed by atoms with Crippen molar-refractivity contribution in [3.8, 4) is 5.75 Å². The third-order valence-electron chi connectivity index (χ3n) is 2.14. The molecule has 1 atom stereocenters. The van der Waals surface area contributed by atoms with Crippen LogP contribution >= 0.6 is 0 Å². The second-order valence-corrected chi connectivity index (χ2v) is 3.69. The third-order valence-corrected chi connectivity index (χ3v) is 2.14. The third kappa shape index (κ3) is 3.91. The summed E-state index contributed by atoms with van der Waals surface area (Å²) < 4.78 is 5.11. The highest BCUT2D eigenvalue weighted by molar-refractivity contribution is 5.67. The topological polar surface area (TPSA) is 133 Å². The van der Waals surface area contributed by atoms with Crippen molar-refractivity contribution in [2.75, 3.05) is 0 Å². The van der Waals surface area contributed by atoms with Crippen LogP contribution in [0.4, 0.5) is 11.4 Å². The maximum absolute atomic E-state index is 10.8. The fourth-order valence-corrected chi connectivity index (χ4v) is 1.37. The number of carboxylic acid groups (broad SMARTS) is 1. The van der Waals surface area contributed by atoms with E-state index in [1.807, 2.05) is 0 Å². The lowest BCUT2D eigenvalue weighted by Crippen LogP contribution is -2.17. The van der Waals surface area contributed by atoms with Crippen molar-refractivity contribution in [2.45, 2.75) is 19.4 Å². The molecule has 0 spiro atoms. The number of non-ortho nitro benzene ring substituents is 1. The van der Waals surface area contributed by atoms with E-state index in [4.69, 9.17) is 9.84 Å². The van der Waals surface area contributed by atoms with Gasteiger partial charge in [0.15, 0.2) is 5.75 Å². The smallest absolute Gasteiger partial charge is 0.317 e. The van der Waals surface area contributed by atoms with Gasteiger partial charge in [-0.1, -0.05) is 0 Å². The molecule has 0 radical (unpaired) electrons. The van der Waals surface area contributed by atoms with E-state index in [9.17, 15) is 25.0 Å². The molecule has 0 amide bonds. The van der Waals surface area contributed by atoms with Crippen molar-refractivity contribution < 1.29 is 24.5 Å². The van der Waals surface area contributed by atoms with Gasteiger partial charge in [0, 0.05) is 6.07 Å². The van der Waals surface area contributed by atoms with Crippen LogP contribution in [0, 0.1) is 20.2 Å². The minimum absolute atomic E-state index is 0.204. The Morgan fingerprint density at radius 1 is 1.37 bits per heavy atom. The number of nitro benzene ring substituents is 2. The van der Waals surface area contributed by atoms with E-state index in [0.29, 0.717) is 0 Å². The molecule has 0 aliphatic rings. The number of ether oxygens (including phenoxy) is 1. The second-order valence-electron chi connectivity index (χ2n) is 3.69. The van der Waals surface area contributed by atoms with Gasteiger partial charge in [-0.05, 0) is 13.0 Å². The number of aliphatic carboxylic acids is 1. The molecule has 1 N–H and O–H groups in total. The zero-order chi connectivity index (χ0) is 14.6. The van der Waals surface area contributed by atoms with Crippen molar-refractivity contribution in [3.63, 3.8) is 0 Å². The number of benzene rings is 1. The lowest BCUT2D eigenvalue weighted by atomic mass is 10.2. The highest BCUT2D eigenvalue weighted by atomic mass is 16.6. The van der Waals surface area contributed by atoms with Gasteiger partial charge >= 0.3 is 11.7 Å². The molecule has 1 aromatic rings. The summed E-state index contributed by atoms with van der Waals surface area (Å²) in [6.45, 7) is 1.43. The predicted octanol–water partition coefficient (Wildman–Crippen LogP) is 1.74. The van der Waals surface area contributed by atoms with E-state index in [1.165, 1.54) is 6.92 Å². The molecule has 0 saturated carbocycles. The summed E-state index contributed by atoms with van der Waals surface area (Å²) in [5.41, 5.74) is -1.02.